The van der Waals surface area contributed by atoms with Crippen LogP contribution in [0, 0.1) is 5.92 Å². The van der Waals surface area contributed by atoms with Gasteiger partial charge in [-0.05, 0) is 50.6 Å². The summed E-state index contributed by atoms with van der Waals surface area (Å²) in [6.07, 6.45) is 1.43. The molecular formula is C24H24F3N5O. The fraction of sp³-hybridized carbons (Fsp3) is 0.333. The Bertz CT molecular complexity index is 1090. The Balaban J connectivity index is 1.54. The number of pyridine rings is 1. The lowest BCUT2D eigenvalue weighted by atomic mass is 10.0. The van der Waals surface area contributed by atoms with Crippen molar-refractivity contribution in [1.29, 1.82) is 0 Å². The molecule has 2 bridgehead atoms. The van der Waals surface area contributed by atoms with Gasteiger partial charge in [-0.3, -0.25) is 4.79 Å². The Hall–Kier alpha value is -3.49. The number of aromatic nitrogens is 1. The number of carbonyl (C=O) groups is 1. The number of hydrogen-bond acceptors (Lipinski definition) is 4. The Morgan fingerprint density at radius 2 is 1.97 bits per heavy atom. The summed E-state index contributed by atoms with van der Waals surface area (Å²) >= 11 is 0. The minimum Gasteiger partial charge on any atom is -0.365 e. The standard InChI is InChI=1S/C24H24F3N5O/c1-3-10-29-22(28-2)17-6-4-5-7-18(17)23(33)32-14-15-11-19(20(32)12-15)31-21-9-8-16(13-30-21)24(25,26)27/h3-10,13,15,19-20H,2,11-12,14H2,1H3,(H,30,31)/b10-3-,29-22-. The predicted octanol–water partition coefficient (Wildman–Crippen LogP) is 4.80. The van der Waals surface area contributed by atoms with Crippen LogP contribution in [0.25, 0.3) is 0 Å². The van der Waals surface area contributed by atoms with E-state index in [0.29, 0.717) is 35.2 Å². The number of piperidine rings is 1. The monoisotopic (exact) mass is 455 g/mol. The lowest BCUT2D eigenvalue weighted by Gasteiger charge is -2.34. The fourth-order valence-electron chi connectivity index (χ4n) is 4.61. The van der Waals surface area contributed by atoms with E-state index in [2.05, 4.69) is 27.0 Å². The molecule has 2 heterocycles. The number of halogens is 3. The largest absolute Gasteiger partial charge is 0.417 e. The van der Waals surface area contributed by atoms with Crippen LogP contribution in [0.2, 0.25) is 0 Å². The first-order chi connectivity index (χ1) is 15.8. The summed E-state index contributed by atoms with van der Waals surface area (Å²) in [5.74, 6) is 0.934. The van der Waals surface area contributed by atoms with Crippen LogP contribution in [0.4, 0.5) is 19.0 Å². The van der Waals surface area contributed by atoms with Crippen LogP contribution in [0.5, 0.6) is 0 Å². The Morgan fingerprint density at radius 3 is 2.58 bits per heavy atom. The molecule has 3 unspecified atom stereocenters. The average Bonchev–Trinajstić information content (AvgIpc) is 3.40. The van der Waals surface area contributed by atoms with Gasteiger partial charge < -0.3 is 10.2 Å². The average molecular weight is 455 g/mol. The summed E-state index contributed by atoms with van der Waals surface area (Å²) in [5.41, 5.74) is 0.306. The molecule has 2 aliphatic rings. The maximum atomic E-state index is 13.5. The minimum atomic E-state index is -4.43. The second kappa shape index (κ2) is 9.17. The Labute approximate surface area is 190 Å². The van der Waals surface area contributed by atoms with Gasteiger partial charge in [-0.1, -0.05) is 24.3 Å². The predicted molar refractivity (Wildman–Crippen MR) is 122 cm³/mol. The fourth-order valence-corrected chi connectivity index (χ4v) is 4.61. The van der Waals surface area contributed by atoms with E-state index >= 15 is 0 Å². The van der Waals surface area contributed by atoms with Gasteiger partial charge in [0.1, 0.15) is 5.82 Å². The third-order valence-electron chi connectivity index (χ3n) is 6.06. The molecule has 1 saturated carbocycles. The van der Waals surface area contributed by atoms with Gasteiger partial charge in [-0.15, -0.1) is 0 Å². The third kappa shape index (κ3) is 4.67. The maximum Gasteiger partial charge on any atom is 0.417 e. The number of nitrogens with zero attached hydrogens (tertiary/aromatic N) is 4. The summed E-state index contributed by atoms with van der Waals surface area (Å²) in [4.78, 5) is 27.6. The van der Waals surface area contributed by atoms with Crippen LogP contribution in [0.3, 0.4) is 0 Å². The van der Waals surface area contributed by atoms with Crippen molar-refractivity contribution in [2.75, 3.05) is 11.9 Å². The molecule has 1 amide bonds. The summed E-state index contributed by atoms with van der Waals surface area (Å²) < 4.78 is 38.4. The van der Waals surface area contributed by atoms with Gasteiger partial charge in [-0.2, -0.15) is 13.2 Å². The number of benzene rings is 1. The van der Waals surface area contributed by atoms with Crippen molar-refractivity contribution < 1.29 is 18.0 Å². The number of fused-ring (bicyclic) bond motifs is 2. The molecule has 9 heteroatoms. The topological polar surface area (TPSA) is 70.0 Å². The van der Waals surface area contributed by atoms with Gasteiger partial charge in [0.25, 0.3) is 5.91 Å². The van der Waals surface area contributed by atoms with Crippen molar-refractivity contribution in [3.8, 4) is 0 Å². The number of amidine groups is 1. The first kappa shape index (κ1) is 22.7. The molecule has 1 saturated heterocycles. The number of carbonyl (C=O) groups excluding carboxylic acids is 1. The molecule has 33 heavy (non-hydrogen) atoms. The molecule has 6 nitrogen and oxygen atoms in total. The van der Waals surface area contributed by atoms with Gasteiger partial charge in [-0.25, -0.2) is 15.0 Å². The summed E-state index contributed by atoms with van der Waals surface area (Å²) in [5, 5.41) is 3.23. The van der Waals surface area contributed by atoms with E-state index < -0.39 is 11.7 Å². The van der Waals surface area contributed by atoms with E-state index in [-0.39, 0.29) is 18.0 Å². The van der Waals surface area contributed by atoms with Crippen LogP contribution in [-0.2, 0) is 6.18 Å². The molecular weight excluding hydrogens is 431 g/mol. The third-order valence-corrected chi connectivity index (χ3v) is 6.06. The number of amides is 1. The lowest BCUT2D eigenvalue weighted by molar-refractivity contribution is -0.137. The van der Waals surface area contributed by atoms with Gasteiger partial charge in [0.15, 0.2) is 5.84 Å². The number of aliphatic imine (C=N–C) groups is 2. The molecule has 0 spiro atoms. The molecule has 1 aromatic heterocycles. The zero-order valence-corrected chi connectivity index (χ0v) is 18.1. The van der Waals surface area contributed by atoms with Crippen molar-refractivity contribution >= 4 is 24.3 Å². The van der Waals surface area contributed by atoms with E-state index in [1.165, 1.54) is 6.07 Å². The van der Waals surface area contributed by atoms with Crippen molar-refractivity contribution in [3.63, 3.8) is 0 Å². The van der Waals surface area contributed by atoms with Crippen LogP contribution in [0.15, 0.2) is 64.9 Å². The highest BCUT2D eigenvalue weighted by Crippen LogP contribution is 2.40. The molecule has 1 aliphatic carbocycles. The first-order valence-corrected chi connectivity index (χ1v) is 10.7. The number of nitrogens with one attached hydrogen (secondary N) is 1. The maximum absolute atomic E-state index is 13.5. The van der Waals surface area contributed by atoms with Crippen molar-refractivity contribution in [1.82, 2.24) is 9.88 Å². The van der Waals surface area contributed by atoms with Crippen LogP contribution < -0.4 is 5.32 Å². The molecule has 3 atom stereocenters. The number of rotatable bonds is 5. The van der Waals surface area contributed by atoms with Gasteiger partial charge in [0, 0.05) is 30.5 Å². The van der Waals surface area contributed by atoms with Gasteiger partial charge >= 0.3 is 6.18 Å². The normalized spacial score (nSPS) is 22.7. The molecule has 1 aliphatic heterocycles. The number of allylic oxidation sites excluding steroid dienone is 1. The number of alkyl halides is 3. The number of hydrogen-bond donors (Lipinski definition) is 1. The van der Waals surface area contributed by atoms with E-state index in [1.54, 1.807) is 30.5 Å². The SMILES string of the molecule is C=N/C(=N\C=C/C)c1ccccc1C(=O)N1CC2CC(Nc3ccc(C(F)(F)F)cn3)C1C2. The molecule has 0 radical (unpaired) electrons. The summed E-state index contributed by atoms with van der Waals surface area (Å²) in [6.45, 7) is 6.05. The van der Waals surface area contributed by atoms with Crippen LogP contribution in [0.1, 0.15) is 41.3 Å². The van der Waals surface area contributed by atoms with E-state index in [9.17, 15) is 18.0 Å². The quantitative estimate of drug-likeness (QED) is 0.520. The van der Waals surface area contributed by atoms with Crippen molar-refractivity contribution in [2.45, 2.75) is 38.0 Å². The first-order valence-electron chi connectivity index (χ1n) is 10.7. The van der Waals surface area contributed by atoms with Crippen LogP contribution in [-0.4, -0.2) is 47.0 Å². The van der Waals surface area contributed by atoms with E-state index in [0.717, 1.165) is 25.1 Å². The summed E-state index contributed by atoms with van der Waals surface area (Å²) in [6, 6.07) is 9.33. The molecule has 1 aromatic carbocycles. The summed E-state index contributed by atoms with van der Waals surface area (Å²) in [7, 11) is 0. The second-order valence-corrected chi connectivity index (χ2v) is 8.18. The van der Waals surface area contributed by atoms with Crippen molar-refractivity contribution in [3.05, 3.63) is 71.6 Å². The van der Waals surface area contributed by atoms with Crippen LogP contribution >= 0.6 is 0 Å². The minimum absolute atomic E-state index is 0.0766. The molecule has 2 aromatic rings. The molecule has 2 fully saturated rings. The number of anilines is 1. The zero-order valence-electron chi connectivity index (χ0n) is 18.1. The number of likely N-dealkylation sites (tertiary alicyclic amines) is 1. The highest BCUT2D eigenvalue weighted by Gasteiger charge is 2.47. The molecule has 172 valence electrons. The van der Waals surface area contributed by atoms with Crippen molar-refractivity contribution in [2.24, 2.45) is 15.9 Å². The van der Waals surface area contributed by atoms with E-state index in [1.807, 2.05) is 17.9 Å². The van der Waals surface area contributed by atoms with Gasteiger partial charge in [0.05, 0.1) is 17.2 Å². The van der Waals surface area contributed by atoms with Gasteiger partial charge in [0.2, 0.25) is 0 Å². The zero-order chi connectivity index (χ0) is 23.6. The Kier molecular flexibility index (Phi) is 6.31. The highest BCUT2D eigenvalue weighted by atomic mass is 19.4. The lowest BCUT2D eigenvalue weighted by Crippen LogP contribution is -2.48. The highest BCUT2D eigenvalue weighted by molar-refractivity contribution is 6.11. The second-order valence-electron chi connectivity index (χ2n) is 8.18. The molecule has 4 rings (SSSR count). The smallest absolute Gasteiger partial charge is 0.365 e. The molecule has 1 N–H and O–H groups in total. The Morgan fingerprint density at radius 1 is 1.21 bits per heavy atom. The van der Waals surface area contributed by atoms with E-state index in [4.69, 9.17) is 0 Å².